The third-order valence-electron chi connectivity index (χ3n) is 4.01. The van der Waals surface area contributed by atoms with Gasteiger partial charge in [-0.2, -0.15) is 0 Å². The van der Waals surface area contributed by atoms with Crippen molar-refractivity contribution in [2.75, 3.05) is 10.6 Å². The predicted molar refractivity (Wildman–Crippen MR) is 117 cm³/mol. The van der Waals surface area contributed by atoms with Gasteiger partial charge in [-0.15, -0.1) is 0 Å². The average Bonchev–Trinajstić information content (AvgIpc) is 2.62. The smallest absolute Gasteiger partial charge is 0.256 e. The predicted octanol–water partition coefficient (Wildman–Crippen LogP) is 6.12. The molecule has 3 aromatic rings. The van der Waals surface area contributed by atoms with E-state index in [1.54, 1.807) is 12.1 Å². The summed E-state index contributed by atoms with van der Waals surface area (Å²) < 4.78 is 1.19. The van der Waals surface area contributed by atoms with Gasteiger partial charge < -0.3 is 10.6 Å². The van der Waals surface area contributed by atoms with E-state index < -0.39 is 0 Å². The lowest BCUT2D eigenvalue weighted by atomic mass is 10.1. The summed E-state index contributed by atoms with van der Waals surface area (Å²) in [4.78, 5) is 12.7. The van der Waals surface area contributed by atoms with Crippen LogP contribution in [0.2, 0.25) is 5.02 Å². The molecule has 26 heavy (non-hydrogen) atoms. The molecule has 2 N–H and O–H groups in total. The van der Waals surface area contributed by atoms with Gasteiger partial charge in [-0.3, -0.25) is 4.79 Å². The molecule has 0 atom stereocenters. The summed E-state index contributed by atoms with van der Waals surface area (Å²) >= 11 is 8.42. The quantitative estimate of drug-likeness (QED) is 0.436. The Morgan fingerprint density at radius 3 is 2.54 bits per heavy atom. The second-order valence-electron chi connectivity index (χ2n) is 5.93. The maximum absolute atomic E-state index is 12.7. The Morgan fingerprint density at radius 2 is 1.81 bits per heavy atom. The van der Waals surface area contributed by atoms with E-state index in [4.69, 9.17) is 11.6 Å². The fourth-order valence-corrected chi connectivity index (χ4v) is 3.47. The molecule has 3 aromatic carbocycles. The van der Waals surface area contributed by atoms with E-state index in [0.717, 1.165) is 16.9 Å². The van der Waals surface area contributed by atoms with Crippen LogP contribution >= 0.6 is 34.2 Å². The molecule has 0 saturated carbocycles. The van der Waals surface area contributed by atoms with Gasteiger partial charge in [0.05, 0.1) is 0 Å². The van der Waals surface area contributed by atoms with Crippen molar-refractivity contribution in [1.29, 1.82) is 0 Å². The van der Waals surface area contributed by atoms with Crippen molar-refractivity contribution < 1.29 is 4.79 Å². The second kappa shape index (κ2) is 8.56. The standard InChI is InChI=1S/C21H18ClIN2O/c1-14-11-17(23)9-10-20(14)24-13-15-7-8-16(22)12-19(15)21(26)25-18-5-3-2-4-6-18/h2-12,24H,13H2,1H3,(H,25,26). The van der Waals surface area contributed by atoms with Crippen molar-refractivity contribution in [3.05, 3.63) is 92.0 Å². The molecule has 1 amide bonds. The van der Waals surface area contributed by atoms with Crippen LogP contribution in [0, 0.1) is 10.5 Å². The Morgan fingerprint density at radius 1 is 1.04 bits per heavy atom. The second-order valence-corrected chi connectivity index (χ2v) is 7.62. The van der Waals surface area contributed by atoms with E-state index >= 15 is 0 Å². The number of nitrogens with one attached hydrogen (secondary N) is 2. The molecule has 0 aliphatic rings. The SMILES string of the molecule is Cc1cc(I)ccc1NCc1ccc(Cl)cc1C(=O)Nc1ccccc1. The first-order chi connectivity index (χ1) is 12.5. The summed E-state index contributed by atoms with van der Waals surface area (Å²) in [5.74, 6) is -0.171. The Balaban J connectivity index is 1.80. The molecule has 0 fully saturated rings. The Hall–Kier alpha value is -2.05. The van der Waals surface area contributed by atoms with Crippen LogP contribution < -0.4 is 10.6 Å². The lowest BCUT2D eigenvalue weighted by Crippen LogP contribution is -2.16. The van der Waals surface area contributed by atoms with Crippen LogP contribution in [0.1, 0.15) is 21.5 Å². The van der Waals surface area contributed by atoms with E-state index in [9.17, 15) is 4.79 Å². The zero-order chi connectivity index (χ0) is 18.5. The molecule has 132 valence electrons. The molecule has 0 aliphatic heterocycles. The van der Waals surface area contributed by atoms with Crippen LogP contribution in [0.25, 0.3) is 0 Å². The number of aryl methyl sites for hydroxylation is 1. The van der Waals surface area contributed by atoms with Crippen molar-refractivity contribution in [3.63, 3.8) is 0 Å². The van der Waals surface area contributed by atoms with Crippen LogP contribution in [0.15, 0.2) is 66.7 Å². The average molecular weight is 477 g/mol. The van der Waals surface area contributed by atoms with Gasteiger partial charge in [0.25, 0.3) is 5.91 Å². The Labute approximate surface area is 171 Å². The number of benzene rings is 3. The van der Waals surface area contributed by atoms with Crippen LogP contribution in [0.4, 0.5) is 11.4 Å². The number of hydrogen-bond donors (Lipinski definition) is 2. The minimum absolute atomic E-state index is 0.171. The molecule has 0 radical (unpaired) electrons. The van der Waals surface area contributed by atoms with E-state index in [1.807, 2.05) is 36.4 Å². The van der Waals surface area contributed by atoms with Crippen LogP contribution in [0.3, 0.4) is 0 Å². The molecule has 0 spiro atoms. The third kappa shape index (κ3) is 4.77. The number of amides is 1. The summed E-state index contributed by atoms with van der Waals surface area (Å²) in [6.45, 7) is 2.60. The van der Waals surface area contributed by atoms with Crippen molar-refractivity contribution in [2.45, 2.75) is 13.5 Å². The van der Waals surface area contributed by atoms with Crippen molar-refractivity contribution in [1.82, 2.24) is 0 Å². The van der Waals surface area contributed by atoms with Gasteiger partial charge in [0, 0.05) is 32.1 Å². The molecular weight excluding hydrogens is 459 g/mol. The highest BCUT2D eigenvalue weighted by atomic mass is 127. The summed E-state index contributed by atoms with van der Waals surface area (Å²) in [6.07, 6.45) is 0. The molecule has 3 rings (SSSR count). The summed E-state index contributed by atoms with van der Waals surface area (Å²) in [5, 5.41) is 6.86. The number of anilines is 2. The monoisotopic (exact) mass is 476 g/mol. The molecule has 0 aromatic heterocycles. The summed E-state index contributed by atoms with van der Waals surface area (Å²) in [6, 6.07) is 21.0. The van der Waals surface area contributed by atoms with E-state index in [2.05, 4.69) is 58.3 Å². The number of para-hydroxylation sites is 1. The largest absolute Gasteiger partial charge is 0.381 e. The summed E-state index contributed by atoms with van der Waals surface area (Å²) in [7, 11) is 0. The fraction of sp³-hybridized carbons (Fsp3) is 0.0952. The first-order valence-corrected chi connectivity index (χ1v) is 9.63. The van der Waals surface area contributed by atoms with Crippen LogP contribution in [0.5, 0.6) is 0 Å². The van der Waals surface area contributed by atoms with Gasteiger partial charge in [0.1, 0.15) is 0 Å². The van der Waals surface area contributed by atoms with Crippen LogP contribution in [-0.2, 0) is 6.54 Å². The molecule has 5 heteroatoms. The number of rotatable bonds is 5. The highest BCUT2D eigenvalue weighted by Crippen LogP contribution is 2.22. The topological polar surface area (TPSA) is 41.1 Å². The highest BCUT2D eigenvalue weighted by Gasteiger charge is 2.13. The maximum atomic E-state index is 12.7. The fourth-order valence-electron chi connectivity index (χ4n) is 2.65. The zero-order valence-electron chi connectivity index (χ0n) is 14.2. The van der Waals surface area contributed by atoms with Crippen LogP contribution in [-0.4, -0.2) is 5.91 Å². The number of carbonyl (C=O) groups excluding carboxylic acids is 1. The van der Waals surface area contributed by atoms with E-state index in [0.29, 0.717) is 17.1 Å². The van der Waals surface area contributed by atoms with Gasteiger partial charge in [0.15, 0.2) is 0 Å². The van der Waals surface area contributed by atoms with Gasteiger partial charge >= 0.3 is 0 Å². The van der Waals surface area contributed by atoms with Gasteiger partial charge in [-0.05, 0) is 83.1 Å². The number of halogens is 2. The lowest BCUT2D eigenvalue weighted by Gasteiger charge is -2.14. The lowest BCUT2D eigenvalue weighted by molar-refractivity contribution is 0.102. The normalized spacial score (nSPS) is 10.4. The van der Waals surface area contributed by atoms with Gasteiger partial charge in [-0.25, -0.2) is 0 Å². The van der Waals surface area contributed by atoms with Gasteiger partial charge in [-0.1, -0.05) is 35.9 Å². The number of carbonyl (C=O) groups is 1. The van der Waals surface area contributed by atoms with Crippen molar-refractivity contribution in [3.8, 4) is 0 Å². The summed E-state index contributed by atoms with van der Waals surface area (Å²) in [5.41, 5.74) is 4.43. The molecule has 0 aliphatic carbocycles. The first-order valence-electron chi connectivity index (χ1n) is 8.18. The maximum Gasteiger partial charge on any atom is 0.256 e. The molecule has 0 heterocycles. The zero-order valence-corrected chi connectivity index (χ0v) is 17.1. The minimum Gasteiger partial charge on any atom is -0.381 e. The van der Waals surface area contributed by atoms with Gasteiger partial charge in [0.2, 0.25) is 0 Å². The van der Waals surface area contributed by atoms with E-state index in [1.165, 1.54) is 9.13 Å². The molecule has 3 nitrogen and oxygen atoms in total. The van der Waals surface area contributed by atoms with Crippen molar-refractivity contribution >= 4 is 51.5 Å². The minimum atomic E-state index is -0.171. The highest BCUT2D eigenvalue weighted by molar-refractivity contribution is 14.1. The molecular formula is C21H18ClIN2O. The Kier molecular flexibility index (Phi) is 6.16. The molecule has 0 bridgehead atoms. The molecule has 0 saturated heterocycles. The number of hydrogen-bond acceptors (Lipinski definition) is 2. The third-order valence-corrected chi connectivity index (χ3v) is 4.91. The van der Waals surface area contributed by atoms with Crippen molar-refractivity contribution in [2.24, 2.45) is 0 Å². The Bertz CT molecular complexity index is 929. The first kappa shape index (κ1) is 18.7. The van der Waals surface area contributed by atoms with E-state index in [-0.39, 0.29) is 5.91 Å². The molecule has 0 unspecified atom stereocenters.